The smallest absolute Gasteiger partial charge is 0.338 e. The van der Waals surface area contributed by atoms with Crippen LogP contribution in [-0.4, -0.2) is 39.1 Å². The summed E-state index contributed by atoms with van der Waals surface area (Å²) in [5.74, 6) is -0.612. The number of hydrogen-bond donors (Lipinski definition) is 0. The van der Waals surface area contributed by atoms with Crippen LogP contribution in [0.25, 0.3) is 0 Å². The summed E-state index contributed by atoms with van der Waals surface area (Å²) in [4.78, 5) is 38.5. The van der Waals surface area contributed by atoms with Gasteiger partial charge in [0.2, 0.25) is 0 Å². The minimum Gasteiger partial charge on any atom is -0.462 e. The van der Waals surface area contributed by atoms with Gasteiger partial charge in [-0.2, -0.15) is 0 Å². The van der Waals surface area contributed by atoms with Crippen LogP contribution in [0.4, 0.5) is 0 Å². The Morgan fingerprint density at radius 1 is 1.11 bits per heavy atom. The Morgan fingerprint density at radius 2 is 1.78 bits per heavy atom. The predicted molar refractivity (Wildman–Crippen MR) is 145 cm³/mol. The number of ether oxygens (including phenoxy) is 1. The molecule has 198 valence electrons. The fourth-order valence-corrected chi connectivity index (χ4v) is 6.89. The second kappa shape index (κ2) is 11.1. The molecule has 4 atom stereocenters. The maximum atomic E-state index is 13.3. The fraction of sp³-hybridized carbons (Fsp3) is 0.633. The zero-order valence-electron chi connectivity index (χ0n) is 23.2. The van der Waals surface area contributed by atoms with E-state index in [0.717, 1.165) is 12.8 Å². The SMILES string of the molecule is C/C(=C\CCO[Si](C)(C)C(C)(C)C)[C@H]1CC(=O)[C@@H]2[C@@H](CCOC(=O)c3ccccc3)C(=O)CC[C@]12C. The van der Waals surface area contributed by atoms with Crippen molar-refractivity contribution in [1.29, 1.82) is 0 Å². The quantitative estimate of drug-likeness (QED) is 0.158. The molecule has 0 saturated heterocycles. The van der Waals surface area contributed by atoms with Gasteiger partial charge in [-0.15, -0.1) is 0 Å². The monoisotopic (exact) mass is 512 g/mol. The minimum atomic E-state index is -1.78. The number of fused-ring (bicyclic) bond motifs is 1. The second-order valence-electron chi connectivity index (χ2n) is 12.4. The lowest BCUT2D eigenvalue weighted by Gasteiger charge is -2.43. The molecule has 0 unspecified atom stereocenters. The van der Waals surface area contributed by atoms with E-state index in [1.807, 2.05) is 6.07 Å². The number of allylic oxidation sites excluding steroid dienone is 1. The molecule has 0 amide bonds. The molecule has 0 spiro atoms. The highest BCUT2D eigenvalue weighted by Gasteiger charge is 2.58. The summed E-state index contributed by atoms with van der Waals surface area (Å²) in [6, 6.07) is 8.85. The van der Waals surface area contributed by atoms with Gasteiger partial charge in [0.05, 0.1) is 12.2 Å². The third-order valence-electron chi connectivity index (χ3n) is 9.06. The van der Waals surface area contributed by atoms with Gasteiger partial charge in [-0.3, -0.25) is 9.59 Å². The lowest BCUT2D eigenvalue weighted by molar-refractivity contribution is -0.139. The summed E-state index contributed by atoms with van der Waals surface area (Å²) in [5.41, 5.74) is 1.49. The Labute approximate surface area is 218 Å². The normalized spacial score (nSPS) is 27.2. The van der Waals surface area contributed by atoms with Gasteiger partial charge < -0.3 is 9.16 Å². The summed E-state index contributed by atoms with van der Waals surface area (Å²) in [5, 5.41) is 0.184. The van der Waals surface area contributed by atoms with Crippen LogP contribution >= 0.6 is 0 Å². The predicted octanol–water partition coefficient (Wildman–Crippen LogP) is 6.78. The summed E-state index contributed by atoms with van der Waals surface area (Å²) < 4.78 is 11.8. The van der Waals surface area contributed by atoms with Gasteiger partial charge in [-0.1, -0.05) is 57.5 Å². The van der Waals surface area contributed by atoms with E-state index in [1.165, 1.54) is 5.57 Å². The second-order valence-corrected chi connectivity index (χ2v) is 17.2. The van der Waals surface area contributed by atoms with Crippen molar-refractivity contribution in [2.75, 3.05) is 13.2 Å². The van der Waals surface area contributed by atoms with Gasteiger partial charge in [0.1, 0.15) is 11.6 Å². The Kier molecular flexibility index (Phi) is 8.82. The topological polar surface area (TPSA) is 69.7 Å². The van der Waals surface area contributed by atoms with Crippen molar-refractivity contribution in [3.8, 4) is 0 Å². The minimum absolute atomic E-state index is 0.131. The highest BCUT2D eigenvalue weighted by Crippen LogP contribution is 2.57. The Balaban J connectivity index is 1.63. The Hall–Kier alpha value is -2.05. The summed E-state index contributed by atoms with van der Waals surface area (Å²) >= 11 is 0. The summed E-state index contributed by atoms with van der Waals surface area (Å²) in [6.07, 6.45) is 5.18. The van der Waals surface area contributed by atoms with Gasteiger partial charge >= 0.3 is 5.97 Å². The van der Waals surface area contributed by atoms with Gasteiger partial charge in [0.25, 0.3) is 0 Å². The molecule has 2 aliphatic rings. The van der Waals surface area contributed by atoms with Crippen LogP contribution in [-0.2, 0) is 18.8 Å². The summed E-state index contributed by atoms with van der Waals surface area (Å²) in [6.45, 7) is 16.4. The number of hydrogen-bond acceptors (Lipinski definition) is 5. The molecule has 0 aromatic heterocycles. The van der Waals surface area contributed by atoms with Crippen LogP contribution in [0.1, 0.15) is 77.1 Å². The van der Waals surface area contributed by atoms with Gasteiger partial charge in [0.15, 0.2) is 8.32 Å². The van der Waals surface area contributed by atoms with Crippen LogP contribution in [0.2, 0.25) is 18.1 Å². The zero-order chi connectivity index (χ0) is 26.7. The largest absolute Gasteiger partial charge is 0.462 e. The first-order valence-corrected chi connectivity index (χ1v) is 16.3. The van der Waals surface area contributed by atoms with Crippen LogP contribution < -0.4 is 0 Å². The molecule has 0 heterocycles. The molecule has 2 saturated carbocycles. The van der Waals surface area contributed by atoms with Gasteiger partial charge in [-0.05, 0) is 67.8 Å². The number of carbonyl (C=O) groups excluding carboxylic acids is 3. The maximum Gasteiger partial charge on any atom is 0.338 e. The number of benzene rings is 1. The van der Waals surface area contributed by atoms with Crippen molar-refractivity contribution >= 4 is 25.9 Å². The van der Waals surface area contributed by atoms with E-state index in [2.05, 4.69) is 53.8 Å². The molecule has 0 N–H and O–H groups in total. The number of Topliss-reactive ketones (excluding diaryl/α,β-unsaturated/α-hetero) is 2. The van der Waals surface area contributed by atoms with Crippen LogP contribution in [0.3, 0.4) is 0 Å². The first-order valence-electron chi connectivity index (χ1n) is 13.4. The first-order chi connectivity index (χ1) is 16.8. The molecular weight excluding hydrogens is 468 g/mol. The molecular formula is C30H44O5Si. The van der Waals surface area contributed by atoms with Gasteiger partial charge in [0, 0.05) is 31.3 Å². The van der Waals surface area contributed by atoms with E-state index in [1.54, 1.807) is 24.3 Å². The Morgan fingerprint density at radius 3 is 2.42 bits per heavy atom. The third kappa shape index (κ3) is 6.08. The lowest BCUT2D eigenvalue weighted by Crippen LogP contribution is -2.44. The van der Waals surface area contributed by atoms with E-state index < -0.39 is 14.3 Å². The Bertz CT molecular complexity index is 990. The molecule has 1 aromatic rings. The molecule has 0 radical (unpaired) electrons. The average Bonchev–Trinajstić information content (AvgIpc) is 3.09. The van der Waals surface area contributed by atoms with E-state index in [0.29, 0.717) is 31.4 Å². The molecule has 2 aliphatic carbocycles. The number of ketones is 2. The summed E-state index contributed by atoms with van der Waals surface area (Å²) in [7, 11) is -1.78. The van der Waals surface area contributed by atoms with Crippen molar-refractivity contribution < 1.29 is 23.5 Å². The van der Waals surface area contributed by atoms with Crippen LogP contribution in [0.5, 0.6) is 0 Å². The van der Waals surface area contributed by atoms with Crippen molar-refractivity contribution in [2.45, 2.75) is 84.9 Å². The van der Waals surface area contributed by atoms with Crippen molar-refractivity contribution in [2.24, 2.45) is 23.2 Å². The standard InChI is InChI=1S/C30H44O5Si/c1-21(12-11-18-35-36(6,7)29(2,3)4)24-20-26(32)27-23(25(31)15-17-30(24,27)5)16-19-34-28(33)22-13-9-8-10-14-22/h8-10,12-14,23-24,27H,11,15-20H2,1-7H3/b21-12+/t23-,24+,27-,30+/m0/s1. The molecule has 2 fully saturated rings. The van der Waals surface area contributed by atoms with Crippen molar-refractivity contribution in [3.05, 3.63) is 47.5 Å². The third-order valence-corrected chi connectivity index (χ3v) is 13.6. The van der Waals surface area contributed by atoms with Gasteiger partial charge in [-0.25, -0.2) is 4.79 Å². The molecule has 6 heteroatoms. The van der Waals surface area contributed by atoms with E-state index in [9.17, 15) is 14.4 Å². The van der Waals surface area contributed by atoms with E-state index >= 15 is 0 Å². The number of esters is 1. The van der Waals surface area contributed by atoms with Crippen LogP contribution in [0.15, 0.2) is 42.0 Å². The van der Waals surface area contributed by atoms with Crippen molar-refractivity contribution in [3.63, 3.8) is 0 Å². The first kappa shape index (κ1) is 28.5. The highest BCUT2D eigenvalue weighted by atomic mass is 28.4. The van der Waals surface area contributed by atoms with E-state index in [4.69, 9.17) is 9.16 Å². The zero-order valence-corrected chi connectivity index (χ0v) is 24.2. The average molecular weight is 513 g/mol. The number of rotatable bonds is 9. The molecule has 3 rings (SSSR count). The molecule has 0 bridgehead atoms. The fourth-order valence-electron chi connectivity index (χ4n) is 5.83. The maximum absolute atomic E-state index is 13.3. The number of carbonyl (C=O) groups is 3. The highest BCUT2D eigenvalue weighted by molar-refractivity contribution is 6.74. The van der Waals surface area contributed by atoms with Crippen LogP contribution in [0, 0.1) is 23.2 Å². The molecule has 36 heavy (non-hydrogen) atoms. The molecule has 0 aliphatic heterocycles. The molecule has 5 nitrogen and oxygen atoms in total. The van der Waals surface area contributed by atoms with E-state index in [-0.39, 0.29) is 46.4 Å². The molecule has 1 aromatic carbocycles. The lowest BCUT2D eigenvalue weighted by atomic mass is 9.59. The van der Waals surface area contributed by atoms with Crippen molar-refractivity contribution in [1.82, 2.24) is 0 Å².